The normalized spacial score (nSPS) is 16.9. The van der Waals surface area contributed by atoms with E-state index in [4.69, 9.17) is 4.74 Å². The largest absolute Gasteiger partial charge is 0.471 e. The minimum atomic E-state index is 0. The molecule has 1 atom stereocenters. The summed E-state index contributed by atoms with van der Waals surface area (Å²) >= 11 is 0. The van der Waals surface area contributed by atoms with Gasteiger partial charge in [0.1, 0.15) is 11.8 Å². The van der Waals surface area contributed by atoms with Crippen molar-refractivity contribution >= 4 is 24.8 Å². The Hall–Kier alpha value is -1.43. The van der Waals surface area contributed by atoms with Crippen LogP contribution in [0.3, 0.4) is 0 Å². The van der Waals surface area contributed by atoms with Gasteiger partial charge in [0.15, 0.2) is 0 Å². The lowest BCUT2D eigenvalue weighted by Crippen LogP contribution is -2.20. The molecule has 108 valence electrons. The summed E-state index contributed by atoms with van der Waals surface area (Å²) in [5, 5.41) is 3.27. The quantitative estimate of drug-likeness (QED) is 0.940. The van der Waals surface area contributed by atoms with Gasteiger partial charge in [0.25, 0.3) is 0 Å². The standard InChI is InChI=1S/C13H14N4O.2ClH/c1-4-14-5-2-10(1)12-13(17-8-7-16-12)18-11-3-6-15-9-11;;/h1-2,4-5,7-8,11,15H,3,6,9H2;2*1H. The molecule has 0 bridgehead atoms. The number of ether oxygens (including phenoxy) is 1. The molecule has 3 heterocycles. The van der Waals surface area contributed by atoms with E-state index in [1.807, 2.05) is 12.1 Å². The van der Waals surface area contributed by atoms with E-state index < -0.39 is 0 Å². The lowest BCUT2D eigenvalue weighted by atomic mass is 10.2. The molecule has 20 heavy (non-hydrogen) atoms. The van der Waals surface area contributed by atoms with Crippen molar-refractivity contribution in [3.63, 3.8) is 0 Å². The predicted molar refractivity (Wildman–Crippen MR) is 81.7 cm³/mol. The molecule has 0 saturated carbocycles. The van der Waals surface area contributed by atoms with E-state index in [0.717, 1.165) is 30.8 Å². The molecule has 0 aromatic carbocycles. The number of aromatic nitrogens is 3. The highest BCUT2D eigenvalue weighted by Gasteiger charge is 2.19. The first-order chi connectivity index (χ1) is 8.93. The molecule has 1 aliphatic heterocycles. The van der Waals surface area contributed by atoms with Crippen LogP contribution >= 0.6 is 24.8 Å². The number of halogens is 2. The smallest absolute Gasteiger partial charge is 0.240 e. The summed E-state index contributed by atoms with van der Waals surface area (Å²) in [5.74, 6) is 0.595. The molecular formula is C13H16Cl2N4O. The average Bonchev–Trinajstić information content (AvgIpc) is 2.93. The fraction of sp³-hybridized carbons (Fsp3) is 0.308. The van der Waals surface area contributed by atoms with E-state index in [1.165, 1.54) is 0 Å². The maximum Gasteiger partial charge on any atom is 0.240 e. The maximum atomic E-state index is 5.90. The Balaban J connectivity index is 0.000001000. The van der Waals surface area contributed by atoms with Crippen LogP contribution in [0, 0.1) is 0 Å². The minimum absolute atomic E-state index is 0. The predicted octanol–water partition coefficient (Wildman–Crippen LogP) is 2.12. The molecule has 0 spiro atoms. The first-order valence-electron chi connectivity index (χ1n) is 6.02. The third-order valence-corrected chi connectivity index (χ3v) is 2.91. The van der Waals surface area contributed by atoms with Crippen LogP contribution in [-0.2, 0) is 0 Å². The van der Waals surface area contributed by atoms with Crippen LogP contribution in [0.15, 0.2) is 36.9 Å². The van der Waals surface area contributed by atoms with Gasteiger partial charge in [-0.15, -0.1) is 24.8 Å². The number of nitrogens with zero attached hydrogens (tertiary/aromatic N) is 3. The number of hydrogen-bond donors (Lipinski definition) is 1. The van der Waals surface area contributed by atoms with E-state index >= 15 is 0 Å². The van der Waals surface area contributed by atoms with Gasteiger partial charge in [-0.2, -0.15) is 0 Å². The zero-order valence-corrected chi connectivity index (χ0v) is 12.4. The average molecular weight is 315 g/mol. The molecule has 5 nitrogen and oxygen atoms in total. The van der Waals surface area contributed by atoms with Gasteiger partial charge < -0.3 is 10.1 Å². The van der Waals surface area contributed by atoms with E-state index in [-0.39, 0.29) is 30.9 Å². The Morgan fingerprint density at radius 2 is 1.80 bits per heavy atom. The summed E-state index contributed by atoms with van der Waals surface area (Å²) in [6.45, 7) is 1.86. The van der Waals surface area contributed by atoms with Crippen molar-refractivity contribution in [1.82, 2.24) is 20.3 Å². The Morgan fingerprint density at radius 1 is 1.05 bits per heavy atom. The van der Waals surface area contributed by atoms with Gasteiger partial charge in [0, 0.05) is 36.9 Å². The van der Waals surface area contributed by atoms with E-state index in [9.17, 15) is 0 Å². The Morgan fingerprint density at radius 3 is 2.50 bits per heavy atom. The van der Waals surface area contributed by atoms with E-state index in [0.29, 0.717) is 5.88 Å². The molecular weight excluding hydrogens is 299 g/mol. The number of rotatable bonds is 3. The monoisotopic (exact) mass is 314 g/mol. The minimum Gasteiger partial charge on any atom is -0.471 e. The summed E-state index contributed by atoms with van der Waals surface area (Å²) in [6, 6.07) is 3.81. The van der Waals surface area contributed by atoms with Crippen molar-refractivity contribution in [2.75, 3.05) is 13.1 Å². The van der Waals surface area contributed by atoms with Crippen molar-refractivity contribution < 1.29 is 4.74 Å². The van der Waals surface area contributed by atoms with Crippen molar-refractivity contribution in [2.24, 2.45) is 0 Å². The first-order valence-corrected chi connectivity index (χ1v) is 6.02. The second-order valence-corrected chi connectivity index (χ2v) is 4.18. The molecule has 2 aromatic heterocycles. The van der Waals surface area contributed by atoms with Crippen LogP contribution in [0.25, 0.3) is 11.3 Å². The van der Waals surface area contributed by atoms with Crippen LogP contribution in [0.5, 0.6) is 5.88 Å². The van der Waals surface area contributed by atoms with Gasteiger partial charge in [0.2, 0.25) is 5.88 Å². The molecule has 1 N–H and O–H groups in total. The van der Waals surface area contributed by atoms with Gasteiger partial charge in [-0.25, -0.2) is 9.97 Å². The second kappa shape index (κ2) is 7.99. The number of pyridine rings is 1. The molecule has 1 unspecified atom stereocenters. The number of nitrogens with one attached hydrogen (secondary N) is 1. The summed E-state index contributed by atoms with van der Waals surface area (Å²) in [7, 11) is 0. The van der Waals surface area contributed by atoms with Gasteiger partial charge in [0.05, 0.1) is 0 Å². The first kappa shape index (κ1) is 16.6. The molecule has 0 amide bonds. The fourth-order valence-corrected chi connectivity index (χ4v) is 2.01. The maximum absolute atomic E-state index is 5.90. The van der Waals surface area contributed by atoms with Gasteiger partial charge in [-0.3, -0.25) is 4.98 Å². The molecule has 3 rings (SSSR count). The third-order valence-electron chi connectivity index (χ3n) is 2.91. The molecule has 7 heteroatoms. The molecule has 1 aliphatic rings. The van der Waals surface area contributed by atoms with Crippen LogP contribution in [0.2, 0.25) is 0 Å². The summed E-state index contributed by atoms with van der Waals surface area (Å²) in [4.78, 5) is 12.6. The zero-order valence-electron chi connectivity index (χ0n) is 10.7. The highest BCUT2D eigenvalue weighted by molar-refractivity contribution is 5.85. The molecule has 1 saturated heterocycles. The topological polar surface area (TPSA) is 59.9 Å². The summed E-state index contributed by atoms with van der Waals surface area (Å²) in [6.07, 6.45) is 8.00. The third kappa shape index (κ3) is 3.79. The van der Waals surface area contributed by atoms with E-state index in [1.54, 1.807) is 24.8 Å². The van der Waals surface area contributed by atoms with Crippen LogP contribution in [-0.4, -0.2) is 34.1 Å². The van der Waals surface area contributed by atoms with Crippen LogP contribution < -0.4 is 10.1 Å². The van der Waals surface area contributed by atoms with Crippen molar-refractivity contribution in [2.45, 2.75) is 12.5 Å². The SMILES string of the molecule is Cl.Cl.c1cc(-c2nccnc2OC2CCNC2)ccn1. The Kier molecular flexibility index (Phi) is 6.64. The van der Waals surface area contributed by atoms with Crippen LogP contribution in [0.4, 0.5) is 0 Å². The zero-order chi connectivity index (χ0) is 12.2. The highest BCUT2D eigenvalue weighted by Crippen LogP contribution is 2.25. The molecule has 0 aliphatic carbocycles. The highest BCUT2D eigenvalue weighted by atomic mass is 35.5. The Bertz CT molecular complexity index is 521. The lowest BCUT2D eigenvalue weighted by Gasteiger charge is -2.13. The molecule has 2 aromatic rings. The molecule has 0 radical (unpaired) electrons. The van der Waals surface area contributed by atoms with Crippen LogP contribution in [0.1, 0.15) is 6.42 Å². The second-order valence-electron chi connectivity index (χ2n) is 4.18. The molecule has 1 fully saturated rings. The van der Waals surface area contributed by atoms with Gasteiger partial charge in [-0.1, -0.05) is 0 Å². The van der Waals surface area contributed by atoms with Crippen molar-refractivity contribution in [3.8, 4) is 17.1 Å². The fourth-order valence-electron chi connectivity index (χ4n) is 2.01. The van der Waals surface area contributed by atoms with Gasteiger partial charge in [-0.05, 0) is 25.1 Å². The van der Waals surface area contributed by atoms with Gasteiger partial charge >= 0.3 is 0 Å². The summed E-state index contributed by atoms with van der Waals surface area (Å²) in [5.41, 5.74) is 1.74. The Labute approximate surface area is 130 Å². The summed E-state index contributed by atoms with van der Waals surface area (Å²) < 4.78 is 5.90. The van der Waals surface area contributed by atoms with E-state index in [2.05, 4.69) is 20.3 Å². The lowest BCUT2D eigenvalue weighted by molar-refractivity contribution is 0.214. The number of hydrogen-bond acceptors (Lipinski definition) is 5. The van der Waals surface area contributed by atoms with Crippen molar-refractivity contribution in [3.05, 3.63) is 36.9 Å². The van der Waals surface area contributed by atoms with Crippen molar-refractivity contribution in [1.29, 1.82) is 0 Å².